The van der Waals surface area contributed by atoms with Gasteiger partial charge in [-0.25, -0.2) is 0 Å². The SMILES string of the molecule is N=CCCC(C=N)=NCCCO. The Morgan fingerprint density at radius 3 is 2.67 bits per heavy atom. The second-order valence-corrected chi connectivity index (χ2v) is 2.34. The smallest absolute Gasteiger partial charge is 0.0527 e. The number of hydrogen-bond acceptors (Lipinski definition) is 4. The lowest BCUT2D eigenvalue weighted by atomic mass is 10.2. The average molecular weight is 169 g/mol. The molecule has 0 fully saturated rings. The zero-order valence-corrected chi connectivity index (χ0v) is 7.08. The van der Waals surface area contributed by atoms with Crippen LogP contribution in [-0.2, 0) is 0 Å². The van der Waals surface area contributed by atoms with Crippen molar-refractivity contribution in [2.75, 3.05) is 13.2 Å². The van der Waals surface area contributed by atoms with Gasteiger partial charge >= 0.3 is 0 Å². The molecule has 68 valence electrons. The van der Waals surface area contributed by atoms with Gasteiger partial charge in [-0.05, 0) is 25.5 Å². The summed E-state index contributed by atoms with van der Waals surface area (Å²) >= 11 is 0. The molecule has 0 heterocycles. The van der Waals surface area contributed by atoms with Crippen molar-refractivity contribution in [1.82, 2.24) is 0 Å². The maximum absolute atomic E-state index is 8.47. The van der Waals surface area contributed by atoms with E-state index in [0.717, 1.165) is 0 Å². The summed E-state index contributed by atoms with van der Waals surface area (Å²) < 4.78 is 0. The molecule has 0 rings (SSSR count). The summed E-state index contributed by atoms with van der Waals surface area (Å²) in [5, 5.41) is 22.2. The zero-order valence-electron chi connectivity index (χ0n) is 7.08. The van der Waals surface area contributed by atoms with Gasteiger partial charge in [-0.15, -0.1) is 0 Å². The third-order valence-corrected chi connectivity index (χ3v) is 1.34. The first-order valence-electron chi connectivity index (χ1n) is 3.98. The highest BCUT2D eigenvalue weighted by atomic mass is 16.2. The van der Waals surface area contributed by atoms with Gasteiger partial charge in [0.15, 0.2) is 0 Å². The van der Waals surface area contributed by atoms with E-state index in [1.165, 1.54) is 12.4 Å². The molecule has 0 aliphatic rings. The van der Waals surface area contributed by atoms with Gasteiger partial charge in [0.1, 0.15) is 0 Å². The molecule has 0 aromatic heterocycles. The Morgan fingerprint density at radius 2 is 2.17 bits per heavy atom. The predicted molar refractivity (Wildman–Crippen MR) is 50.8 cm³/mol. The van der Waals surface area contributed by atoms with Crippen molar-refractivity contribution in [2.45, 2.75) is 19.3 Å². The minimum absolute atomic E-state index is 0.138. The Balaban J connectivity index is 3.69. The highest BCUT2D eigenvalue weighted by Gasteiger charge is 1.92. The summed E-state index contributed by atoms with van der Waals surface area (Å²) in [4.78, 5) is 4.08. The number of aliphatic hydroxyl groups is 1. The van der Waals surface area contributed by atoms with E-state index in [1.54, 1.807) is 0 Å². The van der Waals surface area contributed by atoms with Crippen molar-refractivity contribution >= 4 is 18.1 Å². The molecule has 0 amide bonds. The van der Waals surface area contributed by atoms with Gasteiger partial charge in [0.05, 0.1) is 5.71 Å². The van der Waals surface area contributed by atoms with Crippen molar-refractivity contribution < 1.29 is 5.11 Å². The van der Waals surface area contributed by atoms with Crippen LogP contribution in [0, 0.1) is 10.8 Å². The van der Waals surface area contributed by atoms with E-state index in [-0.39, 0.29) is 6.61 Å². The van der Waals surface area contributed by atoms with Crippen molar-refractivity contribution in [1.29, 1.82) is 10.8 Å². The number of aliphatic imine (C=N–C) groups is 1. The Hall–Kier alpha value is -1.03. The molecule has 3 N–H and O–H groups in total. The van der Waals surface area contributed by atoms with Gasteiger partial charge < -0.3 is 15.9 Å². The first kappa shape index (κ1) is 11.0. The molecule has 0 saturated carbocycles. The molecule has 0 aromatic carbocycles. The minimum Gasteiger partial charge on any atom is -0.396 e. The van der Waals surface area contributed by atoms with Crippen LogP contribution >= 0.6 is 0 Å². The number of hydrogen-bond donors (Lipinski definition) is 3. The second-order valence-electron chi connectivity index (χ2n) is 2.34. The molecule has 12 heavy (non-hydrogen) atoms. The molecule has 0 atom stereocenters. The molecular formula is C8H15N3O. The van der Waals surface area contributed by atoms with Crippen LogP contribution in [0.15, 0.2) is 4.99 Å². The minimum atomic E-state index is 0.138. The van der Waals surface area contributed by atoms with E-state index in [0.29, 0.717) is 31.5 Å². The first-order chi connectivity index (χ1) is 5.85. The van der Waals surface area contributed by atoms with Crippen LogP contribution in [0.1, 0.15) is 19.3 Å². The van der Waals surface area contributed by atoms with Crippen LogP contribution in [-0.4, -0.2) is 36.4 Å². The van der Waals surface area contributed by atoms with Crippen LogP contribution < -0.4 is 0 Å². The van der Waals surface area contributed by atoms with E-state index < -0.39 is 0 Å². The van der Waals surface area contributed by atoms with Crippen molar-refractivity contribution in [3.05, 3.63) is 0 Å². The van der Waals surface area contributed by atoms with Gasteiger partial charge in [-0.3, -0.25) is 4.99 Å². The third kappa shape index (κ3) is 5.73. The van der Waals surface area contributed by atoms with Crippen LogP contribution in [0.25, 0.3) is 0 Å². The second kappa shape index (κ2) is 8.07. The normalized spacial score (nSPS) is 11.2. The quantitative estimate of drug-likeness (QED) is 0.384. The van der Waals surface area contributed by atoms with Crippen LogP contribution in [0.4, 0.5) is 0 Å². The Bertz CT molecular complexity index is 166. The van der Waals surface area contributed by atoms with Gasteiger partial charge in [-0.2, -0.15) is 0 Å². The molecule has 0 bridgehead atoms. The van der Waals surface area contributed by atoms with Crippen LogP contribution in [0.5, 0.6) is 0 Å². The molecule has 0 spiro atoms. The third-order valence-electron chi connectivity index (χ3n) is 1.34. The fourth-order valence-electron chi connectivity index (χ4n) is 0.710. The molecule has 0 aliphatic heterocycles. The van der Waals surface area contributed by atoms with Gasteiger partial charge in [0, 0.05) is 19.4 Å². The maximum atomic E-state index is 8.47. The molecule has 0 unspecified atom stereocenters. The predicted octanol–water partition coefficient (Wildman–Crippen LogP) is 0.889. The highest BCUT2D eigenvalue weighted by molar-refractivity contribution is 6.29. The summed E-state index contributed by atoms with van der Waals surface area (Å²) in [5.41, 5.74) is 0.701. The highest BCUT2D eigenvalue weighted by Crippen LogP contribution is 1.90. The molecular weight excluding hydrogens is 154 g/mol. The van der Waals surface area contributed by atoms with E-state index >= 15 is 0 Å². The monoisotopic (exact) mass is 169 g/mol. The number of aliphatic hydroxyl groups excluding tert-OH is 1. The summed E-state index contributed by atoms with van der Waals surface area (Å²) in [7, 11) is 0. The van der Waals surface area contributed by atoms with E-state index in [1.807, 2.05) is 0 Å². The number of nitrogens with zero attached hydrogens (tertiary/aromatic N) is 1. The van der Waals surface area contributed by atoms with Crippen molar-refractivity contribution in [3.8, 4) is 0 Å². The lowest BCUT2D eigenvalue weighted by Crippen LogP contribution is -2.01. The topological polar surface area (TPSA) is 80.3 Å². The lowest BCUT2D eigenvalue weighted by Gasteiger charge is -1.96. The standard InChI is InChI=1S/C8H15N3O/c9-4-1-3-8(7-10)11-5-2-6-12/h4,7,9-10,12H,1-3,5-6H2. The van der Waals surface area contributed by atoms with Gasteiger partial charge in [0.25, 0.3) is 0 Å². The number of rotatable bonds is 7. The van der Waals surface area contributed by atoms with Gasteiger partial charge in [-0.1, -0.05) is 0 Å². The lowest BCUT2D eigenvalue weighted by molar-refractivity contribution is 0.291. The fourth-order valence-corrected chi connectivity index (χ4v) is 0.710. The van der Waals surface area contributed by atoms with Crippen LogP contribution in [0.2, 0.25) is 0 Å². The zero-order chi connectivity index (χ0) is 9.23. The summed E-state index contributed by atoms with van der Waals surface area (Å²) in [6.45, 7) is 0.707. The van der Waals surface area contributed by atoms with Crippen molar-refractivity contribution in [2.24, 2.45) is 4.99 Å². The van der Waals surface area contributed by atoms with E-state index in [9.17, 15) is 0 Å². The van der Waals surface area contributed by atoms with Crippen LogP contribution in [0.3, 0.4) is 0 Å². The first-order valence-corrected chi connectivity index (χ1v) is 3.98. The number of nitrogens with one attached hydrogen (secondary N) is 2. The molecule has 4 nitrogen and oxygen atoms in total. The largest absolute Gasteiger partial charge is 0.396 e. The Morgan fingerprint density at radius 1 is 1.42 bits per heavy atom. The van der Waals surface area contributed by atoms with Gasteiger partial charge in [0.2, 0.25) is 0 Å². The molecule has 4 heteroatoms. The molecule has 0 aliphatic carbocycles. The summed E-state index contributed by atoms with van der Waals surface area (Å²) in [5.74, 6) is 0. The van der Waals surface area contributed by atoms with Crippen molar-refractivity contribution in [3.63, 3.8) is 0 Å². The maximum Gasteiger partial charge on any atom is 0.0527 e. The van der Waals surface area contributed by atoms with E-state index in [2.05, 4.69) is 4.99 Å². The summed E-state index contributed by atoms with van der Waals surface area (Å²) in [6, 6.07) is 0. The molecule has 0 aromatic rings. The molecule has 0 radical (unpaired) electrons. The fraction of sp³-hybridized carbons (Fsp3) is 0.625. The van der Waals surface area contributed by atoms with E-state index in [4.69, 9.17) is 15.9 Å². The summed E-state index contributed by atoms with van der Waals surface area (Å²) in [6.07, 6.45) is 4.44. The molecule has 0 saturated heterocycles. The average Bonchev–Trinajstić information content (AvgIpc) is 2.11. The Labute approximate surface area is 72.4 Å². The Kier molecular flexibility index (Phi) is 7.38.